The lowest BCUT2D eigenvalue weighted by atomic mass is 10.1. The van der Waals surface area contributed by atoms with Gasteiger partial charge < -0.3 is 10.4 Å². The third-order valence-electron chi connectivity index (χ3n) is 3.07. The molecule has 1 heterocycles. The second-order valence-corrected chi connectivity index (χ2v) is 4.25. The van der Waals surface area contributed by atoms with Crippen LogP contribution in [0.3, 0.4) is 0 Å². The lowest BCUT2D eigenvalue weighted by Gasteiger charge is -2.21. The number of nitrogens with one attached hydrogen (secondary N) is 1. The summed E-state index contributed by atoms with van der Waals surface area (Å²) in [5, 5.41) is 13.1. The van der Waals surface area contributed by atoms with E-state index in [0.717, 1.165) is 25.0 Å². The van der Waals surface area contributed by atoms with E-state index in [0.29, 0.717) is 0 Å². The maximum absolute atomic E-state index is 9.70. The van der Waals surface area contributed by atoms with E-state index in [4.69, 9.17) is 0 Å². The van der Waals surface area contributed by atoms with Gasteiger partial charge in [-0.1, -0.05) is 6.07 Å². The second-order valence-electron chi connectivity index (χ2n) is 4.25. The first kappa shape index (κ1) is 10.6. The van der Waals surface area contributed by atoms with Crippen molar-refractivity contribution >= 4 is 0 Å². The molecule has 0 bridgehead atoms. The fourth-order valence-electron chi connectivity index (χ4n) is 2.17. The molecule has 15 heavy (non-hydrogen) atoms. The SMILES string of the molecule is C[C@H](N[C@@H]1CCC[C@H]1O)c1ccccn1. The van der Waals surface area contributed by atoms with Crippen molar-refractivity contribution in [1.29, 1.82) is 0 Å². The van der Waals surface area contributed by atoms with Crippen molar-refractivity contribution in [3.63, 3.8) is 0 Å². The van der Waals surface area contributed by atoms with Gasteiger partial charge in [-0.2, -0.15) is 0 Å². The number of hydrogen-bond donors (Lipinski definition) is 2. The molecule has 0 spiro atoms. The van der Waals surface area contributed by atoms with Gasteiger partial charge in [0.2, 0.25) is 0 Å². The van der Waals surface area contributed by atoms with Gasteiger partial charge in [0.25, 0.3) is 0 Å². The molecular weight excluding hydrogens is 188 g/mol. The fourth-order valence-corrected chi connectivity index (χ4v) is 2.17. The monoisotopic (exact) mass is 206 g/mol. The Labute approximate surface area is 90.5 Å². The minimum atomic E-state index is -0.184. The molecular formula is C12H18N2O. The Bertz CT molecular complexity index is 302. The van der Waals surface area contributed by atoms with Crippen molar-refractivity contribution in [2.75, 3.05) is 0 Å². The van der Waals surface area contributed by atoms with Crippen LogP contribution in [0.15, 0.2) is 24.4 Å². The molecule has 1 fully saturated rings. The summed E-state index contributed by atoms with van der Waals surface area (Å²) in [5.74, 6) is 0. The Morgan fingerprint density at radius 3 is 2.93 bits per heavy atom. The highest BCUT2D eigenvalue weighted by atomic mass is 16.3. The van der Waals surface area contributed by atoms with Gasteiger partial charge >= 0.3 is 0 Å². The number of aromatic nitrogens is 1. The van der Waals surface area contributed by atoms with E-state index in [1.54, 1.807) is 6.20 Å². The first-order valence-corrected chi connectivity index (χ1v) is 5.62. The zero-order valence-corrected chi connectivity index (χ0v) is 9.06. The molecule has 2 rings (SSSR count). The van der Waals surface area contributed by atoms with Gasteiger partial charge in [0.15, 0.2) is 0 Å². The molecule has 0 aliphatic heterocycles. The van der Waals surface area contributed by atoms with Crippen molar-refractivity contribution in [2.24, 2.45) is 0 Å². The van der Waals surface area contributed by atoms with Crippen LogP contribution in [0.5, 0.6) is 0 Å². The normalized spacial score (nSPS) is 27.9. The number of pyridine rings is 1. The van der Waals surface area contributed by atoms with Crippen LogP contribution in [0, 0.1) is 0 Å². The Hall–Kier alpha value is -0.930. The van der Waals surface area contributed by atoms with Crippen molar-refractivity contribution in [2.45, 2.75) is 44.4 Å². The first-order valence-electron chi connectivity index (χ1n) is 5.62. The molecule has 1 aromatic heterocycles. The highest BCUT2D eigenvalue weighted by Gasteiger charge is 2.26. The second kappa shape index (κ2) is 4.73. The van der Waals surface area contributed by atoms with Crippen LogP contribution in [0.2, 0.25) is 0 Å². The lowest BCUT2D eigenvalue weighted by molar-refractivity contribution is 0.143. The number of aliphatic hydroxyl groups is 1. The third kappa shape index (κ3) is 2.55. The Morgan fingerprint density at radius 2 is 2.33 bits per heavy atom. The average molecular weight is 206 g/mol. The van der Waals surface area contributed by atoms with Crippen LogP contribution in [0.25, 0.3) is 0 Å². The molecule has 0 aromatic carbocycles. The zero-order valence-electron chi connectivity index (χ0n) is 9.06. The summed E-state index contributed by atoms with van der Waals surface area (Å²) < 4.78 is 0. The summed E-state index contributed by atoms with van der Waals surface area (Å²) in [5.41, 5.74) is 1.04. The molecule has 1 aliphatic carbocycles. The van der Waals surface area contributed by atoms with E-state index in [-0.39, 0.29) is 18.2 Å². The molecule has 1 saturated carbocycles. The highest BCUT2D eigenvalue weighted by molar-refractivity contribution is 5.08. The average Bonchev–Trinajstić information content (AvgIpc) is 2.66. The van der Waals surface area contributed by atoms with Crippen molar-refractivity contribution in [3.8, 4) is 0 Å². The summed E-state index contributed by atoms with van der Waals surface area (Å²) in [6.07, 6.45) is 4.73. The van der Waals surface area contributed by atoms with E-state index in [2.05, 4.69) is 17.2 Å². The van der Waals surface area contributed by atoms with Crippen LogP contribution in [0.1, 0.15) is 37.9 Å². The molecule has 3 atom stereocenters. The molecule has 0 amide bonds. The van der Waals surface area contributed by atoms with E-state index in [9.17, 15) is 5.11 Å². The van der Waals surface area contributed by atoms with Crippen LogP contribution >= 0.6 is 0 Å². The molecule has 0 saturated heterocycles. The zero-order chi connectivity index (χ0) is 10.7. The first-order chi connectivity index (χ1) is 7.27. The summed E-state index contributed by atoms with van der Waals surface area (Å²) in [6, 6.07) is 6.37. The van der Waals surface area contributed by atoms with Crippen LogP contribution < -0.4 is 5.32 Å². The minimum Gasteiger partial charge on any atom is -0.392 e. The van der Waals surface area contributed by atoms with Gasteiger partial charge in [0, 0.05) is 18.3 Å². The smallest absolute Gasteiger partial charge is 0.0693 e. The van der Waals surface area contributed by atoms with Crippen LogP contribution in [-0.2, 0) is 0 Å². The summed E-state index contributed by atoms with van der Waals surface area (Å²) in [6.45, 7) is 2.09. The molecule has 1 aromatic rings. The van der Waals surface area contributed by atoms with Gasteiger partial charge in [0.1, 0.15) is 0 Å². The largest absolute Gasteiger partial charge is 0.392 e. The predicted molar refractivity (Wildman–Crippen MR) is 59.4 cm³/mol. The summed E-state index contributed by atoms with van der Waals surface area (Å²) in [4.78, 5) is 4.30. The van der Waals surface area contributed by atoms with E-state index in [1.807, 2.05) is 18.2 Å². The standard InChI is InChI=1S/C12H18N2O/c1-9(10-5-2-3-8-13-10)14-11-6-4-7-12(11)15/h2-3,5,8-9,11-12,14-15H,4,6-7H2,1H3/t9-,11+,12+/m0/s1. The Morgan fingerprint density at radius 1 is 1.47 bits per heavy atom. The van der Waals surface area contributed by atoms with Gasteiger partial charge in [-0.05, 0) is 38.3 Å². The number of hydrogen-bond acceptors (Lipinski definition) is 3. The van der Waals surface area contributed by atoms with E-state index in [1.165, 1.54) is 0 Å². The number of nitrogens with zero attached hydrogens (tertiary/aromatic N) is 1. The van der Waals surface area contributed by atoms with Gasteiger partial charge in [-0.25, -0.2) is 0 Å². The summed E-state index contributed by atoms with van der Waals surface area (Å²) in [7, 11) is 0. The van der Waals surface area contributed by atoms with Crippen LogP contribution in [0.4, 0.5) is 0 Å². The highest BCUT2D eigenvalue weighted by Crippen LogP contribution is 2.21. The number of rotatable bonds is 3. The van der Waals surface area contributed by atoms with Gasteiger partial charge in [0.05, 0.1) is 11.8 Å². The van der Waals surface area contributed by atoms with Crippen LogP contribution in [-0.4, -0.2) is 22.2 Å². The summed E-state index contributed by atoms with van der Waals surface area (Å²) >= 11 is 0. The molecule has 2 N–H and O–H groups in total. The third-order valence-corrected chi connectivity index (χ3v) is 3.07. The quantitative estimate of drug-likeness (QED) is 0.790. The molecule has 0 unspecified atom stereocenters. The Kier molecular flexibility index (Phi) is 3.34. The van der Waals surface area contributed by atoms with Gasteiger partial charge in [-0.3, -0.25) is 4.98 Å². The van der Waals surface area contributed by atoms with E-state index < -0.39 is 0 Å². The fraction of sp³-hybridized carbons (Fsp3) is 0.583. The topological polar surface area (TPSA) is 45.1 Å². The van der Waals surface area contributed by atoms with Crippen molar-refractivity contribution in [3.05, 3.63) is 30.1 Å². The molecule has 0 radical (unpaired) electrons. The lowest BCUT2D eigenvalue weighted by Crippen LogP contribution is -2.37. The molecule has 82 valence electrons. The molecule has 3 nitrogen and oxygen atoms in total. The molecule has 3 heteroatoms. The Balaban J connectivity index is 1.95. The maximum atomic E-state index is 9.70. The maximum Gasteiger partial charge on any atom is 0.0693 e. The predicted octanol–water partition coefficient (Wildman–Crippen LogP) is 1.65. The van der Waals surface area contributed by atoms with Crippen molar-refractivity contribution in [1.82, 2.24) is 10.3 Å². The van der Waals surface area contributed by atoms with Crippen molar-refractivity contribution < 1.29 is 5.11 Å². The van der Waals surface area contributed by atoms with Gasteiger partial charge in [-0.15, -0.1) is 0 Å². The molecule has 1 aliphatic rings. The number of aliphatic hydroxyl groups excluding tert-OH is 1. The minimum absolute atomic E-state index is 0.184. The van der Waals surface area contributed by atoms with E-state index >= 15 is 0 Å².